The maximum absolute atomic E-state index is 11.9. The third kappa shape index (κ3) is 2.73. The van der Waals surface area contributed by atoms with Crippen LogP contribution in [0.3, 0.4) is 0 Å². The number of hydrogen-bond acceptors (Lipinski definition) is 3. The second-order valence-corrected chi connectivity index (χ2v) is 6.53. The Morgan fingerprint density at radius 2 is 2.12 bits per heavy atom. The Morgan fingerprint density at radius 1 is 1.35 bits per heavy atom. The fourth-order valence-corrected chi connectivity index (χ4v) is 2.78. The minimum atomic E-state index is -0.123. The summed E-state index contributed by atoms with van der Waals surface area (Å²) < 4.78 is 5.32. The van der Waals surface area contributed by atoms with E-state index in [2.05, 4.69) is 26.1 Å². The van der Waals surface area contributed by atoms with E-state index in [9.17, 15) is 4.79 Å². The smallest absolute Gasteiger partial charge is 0.410 e. The van der Waals surface area contributed by atoms with Crippen molar-refractivity contribution in [2.24, 2.45) is 5.41 Å². The van der Waals surface area contributed by atoms with Crippen LogP contribution in [0.25, 0.3) is 0 Å². The van der Waals surface area contributed by atoms with Crippen LogP contribution >= 0.6 is 0 Å². The molecule has 0 saturated carbocycles. The minimum Gasteiger partial charge on any atom is -0.447 e. The summed E-state index contributed by atoms with van der Waals surface area (Å²) in [6.07, 6.45) is 3.07. The Balaban J connectivity index is 2.16. The third-order valence-corrected chi connectivity index (χ3v) is 3.65. The van der Waals surface area contributed by atoms with Gasteiger partial charge in [-0.1, -0.05) is 20.8 Å². The van der Waals surface area contributed by atoms with Crippen LogP contribution in [0.1, 0.15) is 40.0 Å². The molecule has 4 nitrogen and oxygen atoms in total. The lowest BCUT2D eigenvalue weighted by Crippen LogP contribution is -2.50. The van der Waals surface area contributed by atoms with Gasteiger partial charge in [-0.3, -0.25) is 4.90 Å². The van der Waals surface area contributed by atoms with Crippen molar-refractivity contribution < 1.29 is 9.53 Å². The number of rotatable bonds is 1. The van der Waals surface area contributed by atoms with Gasteiger partial charge in [0.05, 0.1) is 5.54 Å². The average Bonchev–Trinajstić information content (AvgIpc) is 2.44. The second kappa shape index (κ2) is 4.48. The van der Waals surface area contributed by atoms with Crippen LogP contribution in [0.15, 0.2) is 0 Å². The van der Waals surface area contributed by atoms with Gasteiger partial charge >= 0.3 is 6.09 Å². The van der Waals surface area contributed by atoms with Crippen LogP contribution in [-0.2, 0) is 4.74 Å². The summed E-state index contributed by atoms with van der Waals surface area (Å²) in [6, 6.07) is 0. The van der Waals surface area contributed by atoms with Gasteiger partial charge in [0.15, 0.2) is 0 Å². The van der Waals surface area contributed by atoms with E-state index in [-0.39, 0.29) is 17.0 Å². The standard InChI is InChI=1S/C13H24N2O2/c1-12(2,3)9-15-11(16)17-10-13(15)5-4-7-14-8-6-13/h14H,4-10H2,1-3H3. The van der Waals surface area contributed by atoms with E-state index in [4.69, 9.17) is 4.74 Å². The fourth-order valence-electron chi connectivity index (χ4n) is 2.78. The zero-order chi connectivity index (χ0) is 12.5. The first-order chi connectivity index (χ1) is 7.93. The molecule has 1 N–H and O–H groups in total. The summed E-state index contributed by atoms with van der Waals surface area (Å²) in [7, 11) is 0. The predicted molar refractivity (Wildman–Crippen MR) is 67.0 cm³/mol. The Bertz CT molecular complexity index is 288. The molecule has 0 bridgehead atoms. The SMILES string of the molecule is CC(C)(C)CN1C(=O)OCC12CCCNCC2. The van der Waals surface area contributed by atoms with Gasteiger partial charge in [-0.15, -0.1) is 0 Å². The molecule has 2 rings (SSSR count). The molecule has 1 spiro atoms. The Hall–Kier alpha value is -0.770. The molecule has 2 fully saturated rings. The molecule has 0 aromatic rings. The van der Waals surface area contributed by atoms with E-state index in [0.717, 1.165) is 38.9 Å². The van der Waals surface area contributed by atoms with E-state index in [1.54, 1.807) is 0 Å². The lowest BCUT2D eigenvalue weighted by atomic mass is 9.87. The van der Waals surface area contributed by atoms with Crippen LogP contribution in [0.5, 0.6) is 0 Å². The molecule has 1 unspecified atom stereocenters. The highest BCUT2D eigenvalue weighted by Gasteiger charge is 2.47. The zero-order valence-electron chi connectivity index (χ0n) is 11.2. The highest BCUT2D eigenvalue weighted by atomic mass is 16.6. The number of ether oxygens (including phenoxy) is 1. The number of carbonyl (C=O) groups is 1. The highest BCUT2D eigenvalue weighted by Crippen LogP contribution is 2.35. The number of cyclic esters (lactones) is 1. The van der Waals surface area contributed by atoms with Gasteiger partial charge in [0.25, 0.3) is 0 Å². The molecule has 2 aliphatic rings. The van der Waals surface area contributed by atoms with Crippen molar-refractivity contribution in [2.45, 2.75) is 45.6 Å². The summed E-state index contributed by atoms with van der Waals surface area (Å²) in [5.41, 5.74) is 0.0734. The van der Waals surface area contributed by atoms with Gasteiger partial charge in [-0.25, -0.2) is 4.79 Å². The van der Waals surface area contributed by atoms with Crippen LogP contribution in [0.2, 0.25) is 0 Å². The number of nitrogens with zero attached hydrogens (tertiary/aromatic N) is 1. The van der Waals surface area contributed by atoms with Gasteiger partial charge in [0.2, 0.25) is 0 Å². The topological polar surface area (TPSA) is 41.6 Å². The van der Waals surface area contributed by atoms with Gasteiger partial charge in [0.1, 0.15) is 6.61 Å². The molecule has 0 aromatic carbocycles. The fraction of sp³-hybridized carbons (Fsp3) is 0.923. The van der Waals surface area contributed by atoms with Crippen molar-refractivity contribution in [1.82, 2.24) is 10.2 Å². The normalized spacial score (nSPS) is 30.5. The molecule has 1 atom stereocenters. The van der Waals surface area contributed by atoms with Gasteiger partial charge in [-0.05, 0) is 37.8 Å². The summed E-state index contributed by atoms with van der Waals surface area (Å²) in [5, 5.41) is 3.40. The number of nitrogens with one attached hydrogen (secondary N) is 1. The van der Waals surface area contributed by atoms with Crippen LogP contribution in [-0.4, -0.2) is 42.8 Å². The first kappa shape index (κ1) is 12.7. The van der Waals surface area contributed by atoms with E-state index in [0.29, 0.717) is 6.61 Å². The molecule has 2 aliphatic heterocycles. The molecule has 4 heteroatoms. The Kier molecular flexibility index (Phi) is 3.34. The predicted octanol–water partition coefficient (Wildman–Crippen LogP) is 2.00. The van der Waals surface area contributed by atoms with Crippen molar-refractivity contribution in [3.8, 4) is 0 Å². The second-order valence-electron chi connectivity index (χ2n) is 6.53. The largest absolute Gasteiger partial charge is 0.447 e. The minimum absolute atomic E-state index is 0.0478. The number of carbonyl (C=O) groups excluding carboxylic acids is 1. The van der Waals surface area contributed by atoms with Crippen molar-refractivity contribution in [3.63, 3.8) is 0 Å². The molecule has 0 aromatic heterocycles. The summed E-state index contributed by atoms with van der Waals surface area (Å²) in [4.78, 5) is 13.9. The average molecular weight is 240 g/mol. The Labute approximate surface area is 104 Å². The van der Waals surface area contributed by atoms with Crippen molar-refractivity contribution in [3.05, 3.63) is 0 Å². The lowest BCUT2D eigenvalue weighted by molar-refractivity contribution is 0.110. The molecule has 1 amide bonds. The molecule has 2 heterocycles. The summed E-state index contributed by atoms with van der Waals surface area (Å²) in [6.45, 7) is 9.90. The third-order valence-electron chi connectivity index (χ3n) is 3.65. The van der Waals surface area contributed by atoms with Crippen molar-refractivity contribution in [2.75, 3.05) is 26.2 Å². The van der Waals surface area contributed by atoms with Gasteiger partial charge in [0, 0.05) is 6.54 Å². The summed E-state index contributed by atoms with van der Waals surface area (Å²) >= 11 is 0. The van der Waals surface area contributed by atoms with E-state index in [1.165, 1.54) is 0 Å². The Morgan fingerprint density at radius 3 is 2.82 bits per heavy atom. The molecular weight excluding hydrogens is 216 g/mol. The van der Waals surface area contributed by atoms with E-state index >= 15 is 0 Å². The molecular formula is C13H24N2O2. The zero-order valence-corrected chi connectivity index (χ0v) is 11.2. The van der Waals surface area contributed by atoms with Crippen LogP contribution in [0.4, 0.5) is 4.79 Å². The van der Waals surface area contributed by atoms with E-state index < -0.39 is 0 Å². The quantitative estimate of drug-likeness (QED) is 0.762. The molecule has 0 radical (unpaired) electrons. The monoisotopic (exact) mass is 240 g/mol. The maximum atomic E-state index is 11.9. The van der Waals surface area contributed by atoms with Crippen LogP contribution in [0, 0.1) is 5.41 Å². The first-order valence-corrected chi connectivity index (χ1v) is 6.58. The molecule has 0 aliphatic carbocycles. The molecule has 98 valence electrons. The van der Waals surface area contributed by atoms with E-state index in [1.807, 2.05) is 4.90 Å². The summed E-state index contributed by atoms with van der Waals surface area (Å²) in [5.74, 6) is 0. The number of hydrogen-bond donors (Lipinski definition) is 1. The van der Waals surface area contributed by atoms with Crippen molar-refractivity contribution in [1.29, 1.82) is 0 Å². The van der Waals surface area contributed by atoms with Crippen LogP contribution < -0.4 is 5.32 Å². The maximum Gasteiger partial charge on any atom is 0.410 e. The van der Waals surface area contributed by atoms with Gasteiger partial charge < -0.3 is 10.1 Å². The number of amides is 1. The molecule has 2 saturated heterocycles. The highest BCUT2D eigenvalue weighted by molar-refractivity contribution is 5.71. The first-order valence-electron chi connectivity index (χ1n) is 6.58. The lowest BCUT2D eigenvalue weighted by Gasteiger charge is -2.38. The van der Waals surface area contributed by atoms with Crippen molar-refractivity contribution >= 4 is 6.09 Å². The molecule has 17 heavy (non-hydrogen) atoms. The van der Waals surface area contributed by atoms with Gasteiger partial charge in [-0.2, -0.15) is 0 Å².